The largest absolute Gasteiger partial charge is 0.310 e. The molecule has 3 aromatic carbocycles. The molecule has 0 amide bonds. The summed E-state index contributed by atoms with van der Waals surface area (Å²) in [5.41, 5.74) is 6.28. The topological polar surface area (TPSA) is 3.24 Å². The van der Waals surface area contributed by atoms with E-state index in [4.69, 9.17) is 0 Å². The molecule has 1 nitrogen and oxygen atoms in total. The second-order valence-electron chi connectivity index (χ2n) is 6.64. The van der Waals surface area contributed by atoms with E-state index in [1.165, 1.54) is 45.9 Å². The van der Waals surface area contributed by atoms with Gasteiger partial charge in [-0.25, -0.2) is 0 Å². The van der Waals surface area contributed by atoms with E-state index in [-0.39, 0.29) is 0 Å². The molecular weight excluding hydrogens is 334 g/mol. The Morgan fingerprint density at radius 1 is 0.808 bits per heavy atom. The fourth-order valence-electron chi connectivity index (χ4n) is 3.08. The molecule has 0 aliphatic carbocycles. The van der Waals surface area contributed by atoms with Crippen LogP contribution >= 0.6 is 11.8 Å². The lowest BCUT2D eigenvalue weighted by Gasteiger charge is -2.26. The van der Waals surface area contributed by atoms with Crippen molar-refractivity contribution in [2.45, 2.75) is 38.0 Å². The molecule has 0 heterocycles. The fraction of sp³-hybridized carbons (Fsp3) is 0.250. The molecule has 3 rings (SSSR count). The third-order valence-corrected chi connectivity index (χ3v) is 5.34. The average Bonchev–Trinajstić information content (AvgIpc) is 2.69. The average molecular weight is 362 g/mol. The highest BCUT2D eigenvalue weighted by Gasteiger charge is 2.12. The molecule has 0 atom stereocenters. The van der Waals surface area contributed by atoms with Crippen LogP contribution in [0.5, 0.6) is 0 Å². The van der Waals surface area contributed by atoms with Gasteiger partial charge < -0.3 is 4.90 Å². The Morgan fingerprint density at radius 2 is 1.46 bits per heavy atom. The van der Waals surface area contributed by atoms with Crippen molar-refractivity contribution in [2.24, 2.45) is 0 Å². The van der Waals surface area contributed by atoms with E-state index in [1.807, 2.05) is 0 Å². The van der Waals surface area contributed by atoms with Gasteiger partial charge >= 0.3 is 0 Å². The van der Waals surface area contributed by atoms with Crippen LogP contribution in [0.3, 0.4) is 0 Å². The Balaban J connectivity index is 2.01. The number of hydrogen-bond acceptors (Lipinski definition) is 2. The van der Waals surface area contributed by atoms with E-state index in [0.717, 1.165) is 6.42 Å². The summed E-state index contributed by atoms with van der Waals surface area (Å²) in [6, 6.07) is 26.5. The summed E-state index contributed by atoms with van der Waals surface area (Å²) in [7, 11) is 0. The van der Waals surface area contributed by atoms with Crippen molar-refractivity contribution < 1.29 is 0 Å². The molecule has 0 radical (unpaired) electrons. The summed E-state index contributed by atoms with van der Waals surface area (Å²) in [5, 5.41) is 0. The molecule has 0 aliphatic rings. The molecule has 0 saturated carbocycles. The lowest BCUT2D eigenvalue weighted by Crippen LogP contribution is -2.10. The van der Waals surface area contributed by atoms with Gasteiger partial charge in [0.25, 0.3) is 0 Å². The number of unbranched alkanes of at least 4 members (excludes halogenated alkanes) is 1. The molecule has 0 aliphatic heterocycles. The minimum atomic E-state index is 1.16. The minimum absolute atomic E-state index is 1.16. The number of nitrogens with zero attached hydrogens (tertiary/aromatic N) is 1. The Bertz CT molecular complexity index is 822. The predicted molar refractivity (Wildman–Crippen MR) is 116 cm³/mol. The molecular formula is C24H27NS. The first-order valence-corrected chi connectivity index (χ1v) is 10.5. The van der Waals surface area contributed by atoms with Crippen molar-refractivity contribution in [3.8, 4) is 0 Å². The first-order valence-electron chi connectivity index (χ1n) is 9.31. The van der Waals surface area contributed by atoms with Crippen molar-refractivity contribution in [1.29, 1.82) is 0 Å². The lowest BCUT2D eigenvalue weighted by molar-refractivity contribution is 0.795. The first-order chi connectivity index (χ1) is 12.7. The van der Waals surface area contributed by atoms with Gasteiger partial charge in [-0.15, -0.1) is 11.8 Å². The zero-order valence-electron chi connectivity index (χ0n) is 15.9. The molecule has 3 aromatic rings. The molecule has 0 N–H and O–H groups in total. The van der Waals surface area contributed by atoms with Gasteiger partial charge in [0.1, 0.15) is 0 Å². The number of rotatable bonds is 7. The van der Waals surface area contributed by atoms with E-state index in [2.05, 4.69) is 97.8 Å². The van der Waals surface area contributed by atoms with Gasteiger partial charge in [0.15, 0.2) is 0 Å². The number of aryl methyl sites for hydroxylation is 2. The van der Waals surface area contributed by atoms with Crippen LogP contribution in [0.15, 0.2) is 77.7 Å². The van der Waals surface area contributed by atoms with Gasteiger partial charge in [0.05, 0.1) is 0 Å². The summed E-state index contributed by atoms with van der Waals surface area (Å²) in [5.74, 6) is 0. The molecule has 134 valence electrons. The van der Waals surface area contributed by atoms with Gasteiger partial charge in [-0.2, -0.15) is 0 Å². The monoisotopic (exact) mass is 361 g/mol. The van der Waals surface area contributed by atoms with Gasteiger partial charge in [0.2, 0.25) is 0 Å². The van der Waals surface area contributed by atoms with Crippen LogP contribution < -0.4 is 4.90 Å². The third-order valence-electron chi connectivity index (χ3n) is 4.62. The summed E-state index contributed by atoms with van der Waals surface area (Å²) >= 11 is 1.78. The maximum Gasteiger partial charge on any atom is 0.0472 e. The predicted octanol–water partition coefficient (Wildman–Crippen LogP) is 7.53. The summed E-state index contributed by atoms with van der Waals surface area (Å²) in [6.45, 7) is 4.37. The van der Waals surface area contributed by atoms with Gasteiger partial charge in [-0.05, 0) is 74.0 Å². The maximum atomic E-state index is 2.34. The second kappa shape index (κ2) is 8.95. The molecule has 0 saturated heterocycles. The number of thioether (sulfide) groups is 1. The SMILES string of the molecule is CCCCc1ccc(N(c2ccc(C)cc2)c2cccc(SC)c2)cc1. The van der Waals surface area contributed by atoms with E-state index in [1.54, 1.807) is 11.8 Å². The minimum Gasteiger partial charge on any atom is -0.310 e. The van der Waals surface area contributed by atoms with E-state index in [9.17, 15) is 0 Å². The van der Waals surface area contributed by atoms with Crippen LogP contribution in [0.2, 0.25) is 0 Å². The Labute approximate surface area is 162 Å². The smallest absolute Gasteiger partial charge is 0.0472 e. The first kappa shape index (κ1) is 18.6. The molecule has 0 fully saturated rings. The number of anilines is 3. The highest BCUT2D eigenvalue weighted by Crippen LogP contribution is 2.36. The van der Waals surface area contributed by atoms with Gasteiger partial charge in [-0.1, -0.05) is 49.2 Å². The lowest BCUT2D eigenvalue weighted by atomic mass is 10.1. The second-order valence-corrected chi connectivity index (χ2v) is 7.52. The van der Waals surface area contributed by atoms with Crippen LogP contribution in [0.4, 0.5) is 17.1 Å². The van der Waals surface area contributed by atoms with Crippen molar-refractivity contribution >= 4 is 28.8 Å². The molecule has 0 aromatic heterocycles. The summed E-state index contributed by atoms with van der Waals surface area (Å²) in [4.78, 5) is 3.61. The van der Waals surface area contributed by atoms with Crippen molar-refractivity contribution in [3.05, 3.63) is 83.9 Å². The van der Waals surface area contributed by atoms with Crippen LogP contribution in [-0.4, -0.2) is 6.26 Å². The molecule has 0 spiro atoms. The van der Waals surface area contributed by atoms with E-state index < -0.39 is 0 Å². The number of benzene rings is 3. The molecule has 26 heavy (non-hydrogen) atoms. The Kier molecular flexibility index (Phi) is 6.40. The standard InChI is InChI=1S/C24H27NS/c1-4-5-7-20-12-16-22(17-13-20)25(21-14-10-19(2)11-15-21)23-8-6-9-24(18-23)26-3/h6,8-18H,4-5,7H2,1-3H3. The normalized spacial score (nSPS) is 10.7. The van der Waals surface area contributed by atoms with Gasteiger partial charge in [-0.3, -0.25) is 0 Å². The molecule has 0 unspecified atom stereocenters. The quantitative estimate of drug-likeness (QED) is 0.400. The zero-order chi connectivity index (χ0) is 18.4. The van der Waals surface area contributed by atoms with Crippen molar-refractivity contribution in [2.75, 3.05) is 11.2 Å². The van der Waals surface area contributed by atoms with Crippen molar-refractivity contribution in [1.82, 2.24) is 0 Å². The molecule has 2 heteroatoms. The van der Waals surface area contributed by atoms with Crippen LogP contribution in [0, 0.1) is 6.92 Å². The summed E-state index contributed by atoms with van der Waals surface area (Å²) < 4.78 is 0. The fourth-order valence-corrected chi connectivity index (χ4v) is 3.54. The van der Waals surface area contributed by atoms with Crippen LogP contribution in [-0.2, 0) is 6.42 Å². The highest BCUT2D eigenvalue weighted by atomic mass is 32.2. The van der Waals surface area contributed by atoms with Crippen LogP contribution in [0.1, 0.15) is 30.9 Å². The van der Waals surface area contributed by atoms with Crippen molar-refractivity contribution in [3.63, 3.8) is 0 Å². The Hall–Kier alpha value is -2.19. The summed E-state index contributed by atoms with van der Waals surface area (Å²) in [6.07, 6.45) is 5.76. The highest BCUT2D eigenvalue weighted by molar-refractivity contribution is 7.98. The van der Waals surface area contributed by atoms with E-state index in [0.29, 0.717) is 0 Å². The van der Waals surface area contributed by atoms with E-state index >= 15 is 0 Å². The zero-order valence-corrected chi connectivity index (χ0v) is 16.7. The number of hydrogen-bond donors (Lipinski definition) is 0. The maximum absolute atomic E-state index is 2.34. The Morgan fingerprint density at radius 3 is 2.08 bits per heavy atom. The van der Waals surface area contributed by atoms with Gasteiger partial charge in [0, 0.05) is 22.0 Å². The van der Waals surface area contributed by atoms with Crippen LogP contribution in [0.25, 0.3) is 0 Å². The molecule has 0 bridgehead atoms. The third kappa shape index (κ3) is 4.50.